The Balaban J connectivity index is 0.000000771. The first-order chi connectivity index (χ1) is 8.68. The molecular weight excluding hydrogens is 220 g/mol. The molecule has 1 aromatic heterocycles. The molecule has 1 saturated heterocycles. The van der Waals surface area contributed by atoms with Crippen LogP contribution >= 0.6 is 0 Å². The lowest BCUT2D eigenvalue weighted by molar-refractivity contribution is 0.310. The zero-order chi connectivity index (χ0) is 13.5. The van der Waals surface area contributed by atoms with E-state index in [0.717, 1.165) is 11.8 Å². The van der Waals surface area contributed by atoms with E-state index >= 15 is 0 Å². The van der Waals surface area contributed by atoms with Crippen LogP contribution in [0.15, 0.2) is 18.3 Å². The van der Waals surface area contributed by atoms with Crippen molar-refractivity contribution < 1.29 is 0 Å². The normalized spacial score (nSPS) is 16.4. The van der Waals surface area contributed by atoms with Gasteiger partial charge in [0.15, 0.2) is 0 Å². The van der Waals surface area contributed by atoms with Crippen molar-refractivity contribution in [2.45, 2.75) is 47.5 Å². The summed E-state index contributed by atoms with van der Waals surface area (Å²) in [4.78, 5) is 6.94. The van der Waals surface area contributed by atoms with Gasteiger partial charge >= 0.3 is 0 Å². The van der Waals surface area contributed by atoms with Gasteiger partial charge in [0.2, 0.25) is 0 Å². The summed E-state index contributed by atoms with van der Waals surface area (Å²) in [7, 11) is 0. The molecule has 0 aliphatic carbocycles. The Morgan fingerprint density at radius 2 is 1.83 bits per heavy atom. The van der Waals surface area contributed by atoms with Crippen molar-refractivity contribution in [2.75, 3.05) is 18.0 Å². The van der Waals surface area contributed by atoms with Crippen LogP contribution in [0.25, 0.3) is 0 Å². The highest BCUT2D eigenvalue weighted by Gasteiger charge is 2.22. The molecule has 0 radical (unpaired) electrons. The molecule has 2 rings (SSSR count). The standard InChI is InChI=1S/C14H22N2.C2H6/c1-11(2)13-6-9-16(10-7-13)14-12(3)5-4-8-15-14;1-2/h4-5,8,11,13H,6-7,9-10H2,1-3H3;1-2H3. The summed E-state index contributed by atoms with van der Waals surface area (Å²) in [5.41, 5.74) is 1.30. The Hall–Kier alpha value is -1.05. The molecule has 1 aliphatic rings. The number of piperidine rings is 1. The van der Waals surface area contributed by atoms with E-state index in [1.54, 1.807) is 0 Å². The number of hydrogen-bond acceptors (Lipinski definition) is 2. The van der Waals surface area contributed by atoms with Gasteiger partial charge in [0.25, 0.3) is 0 Å². The van der Waals surface area contributed by atoms with Gasteiger partial charge in [-0.15, -0.1) is 0 Å². The number of nitrogens with zero attached hydrogens (tertiary/aromatic N) is 2. The van der Waals surface area contributed by atoms with Gasteiger partial charge in [-0.3, -0.25) is 0 Å². The summed E-state index contributed by atoms with van der Waals surface area (Å²) in [6.45, 7) is 13.2. The largest absolute Gasteiger partial charge is 0.356 e. The second-order valence-corrected chi connectivity index (χ2v) is 5.21. The third kappa shape index (κ3) is 3.72. The van der Waals surface area contributed by atoms with Gasteiger partial charge in [0.1, 0.15) is 5.82 Å². The fourth-order valence-electron chi connectivity index (χ4n) is 2.59. The van der Waals surface area contributed by atoms with Crippen LogP contribution in [-0.2, 0) is 0 Å². The maximum Gasteiger partial charge on any atom is 0.131 e. The van der Waals surface area contributed by atoms with Crippen LogP contribution in [0.1, 0.15) is 46.1 Å². The molecule has 2 nitrogen and oxygen atoms in total. The Labute approximate surface area is 112 Å². The average molecular weight is 248 g/mol. The third-order valence-corrected chi connectivity index (χ3v) is 3.76. The van der Waals surface area contributed by atoms with Crippen LogP contribution in [0.5, 0.6) is 0 Å². The zero-order valence-electron chi connectivity index (χ0n) is 12.6. The summed E-state index contributed by atoms with van der Waals surface area (Å²) in [5.74, 6) is 2.91. The van der Waals surface area contributed by atoms with Crippen molar-refractivity contribution in [2.24, 2.45) is 11.8 Å². The molecule has 0 aromatic carbocycles. The molecule has 0 saturated carbocycles. The second-order valence-electron chi connectivity index (χ2n) is 5.21. The highest BCUT2D eigenvalue weighted by atomic mass is 15.2. The van der Waals surface area contributed by atoms with Crippen molar-refractivity contribution in [3.63, 3.8) is 0 Å². The molecular formula is C16H28N2. The molecule has 0 amide bonds. The highest BCUT2D eigenvalue weighted by Crippen LogP contribution is 2.27. The first-order valence-electron chi connectivity index (χ1n) is 7.35. The van der Waals surface area contributed by atoms with Gasteiger partial charge < -0.3 is 4.90 Å². The number of anilines is 1. The first kappa shape index (κ1) is 15.0. The molecule has 0 N–H and O–H groups in total. The van der Waals surface area contributed by atoms with E-state index in [4.69, 9.17) is 0 Å². The van der Waals surface area contributed by atoms with Crippen molar-refractivity contribution >= 4 is 5.82 Å². The molecule has 0 spiro atoms. The van der Waals surface area contributed by atoms with Crippen molar-refractivity contribution in [1.29, 1.82) is 0 Å². The van der Waals surface area contributed by atoms with Crippen molar-refractivity contribution in [3.05, 3.63) is 23.9 Å². The summed E-state index contributed by atoms with van der Waals surface area (Å²) in [5, 5.41) is 0. The number of aryl methyl sites for hydroxylation is 1. The molecule has 2 heteroatoms. The molecule has 18 heavy (non-hydrogen) atoms. The predicted molar refractivity (Wildman–Crippen MR) is 80.1 cm³/mol. The van der Waals surface area contributed by atoms with E-state index in [9.17, 15) is 0 Å². The summed E-state index contributed by atoms with van der Waals surface area (Å²) in [6, 6.07) is 4.16. The van der Waals surface area contributed by atoms with E-state index in [-0.39, 0.29) is 0 Å². The first-order valence-corrected chi connectivity index (χ1v) is 7.35. The lowest BCUT2D eigenvalue weighted by Gasteiger charge is -2.35. The fraction of sp³-hybridized carbons (Fsp3) is 0.688. The molecule has 2 heterocycles. The van der Waals surface area contributed by atoms with Crippen LogP contribution in [0.2, 0.25) is 0 Å². The summed E-state index contributed by atoms with van der Waals surface area (Å²) >= 11 is 0. The maximum absolute atomic E-state index is 4.50. The summed E-state index contributed by atoms with van der Waals surface area (Å²) < 4.78 is 0. The fourth-order valence-corrected chi connectivity index (χ4v) is 2.59. The van der Waals surface area contributed by atoms with Gasteiger partial charge in [-0.05, 0) is 43.2 Å². The number of rotatable bonds is 2. The maximum atomic E-state index is 4.50. The van der Waals surface area contributed by atoms with Crippen LogP contribution < -0.4 is 4.90 Å². The second kappa shape index (κ2) is 7.40. The zero-order valence-corrected chi connectivity index (χ0v) is 12.6. The van der Waals surface area contributed by atoms with Gasteiger partial charge in [0, 0.05) is 19.3 Å². The lowest BCUT2D eigenvalue weighted by Crippen LogP contribution is -2.36. The average Bonchev–Trinajstić information content (AvgIpc) is 2.42. The van der Waals surface area contributed by atoms with Gasteiger partial charge in [-0.1, -0.05) is 33.8 Å². The minimum absolute atomic E-state index is 0.826. The summed E-state index contributed by atoms with van der Waals surface area (Å²) in [6.07, 6.45) is 4.53. The van der Waals surface area contributed by atoms with Gasteiger partial charge in [-0.2, -0.15) is 0 Å². The minimum Gasteiger partial charge on any atom is -0.356 e. The molecule has 0 bridgehead atoms. The molecule has 1 aliphatic heterocycles. The SMILES string of the molecule is CC.Cc1cccnc1N1CCC(C(C)C)CC1. The van der Waals surface area contributed by atoms with Crippen LogP contribution in [-0.4, -0.2) is 18.1 Å². The molecule has 0 unspecified atom stereocenters. The van der Waals surface area contributed by atoms with E-state index < -0.39 is 0 Å². The molecule has 102 valence electrons. The van der Waals surface area contributed by atoms with E-state index in [1.807, 2.05) is 26.1 Å². The lowest BCUT2D eigenvalue weighted by atomic mass is 9.86. The molecule has 0 atom stereocenters. The van der Waals surface area contributed by atoms with Crippen LogP contribution in [0.3, 0.4) is 0 Å². The number of aromatic nitrogens is 1. The van der Waals surface area contributed by atoms with E-state index in [1.165, 1.54) is 37.3 Å². The highest BCUT2D eigenvalue weighted by molar-refractivity contribution is 5.46. The number of pyridine rings is 1. The van der Waals surface area contributed by atoms with Gasteiger partial charge in [0.05, 0.1) is 0 Å². The topological polar surface area (TPSA) is 16.1 Å². The predicted octanol–water partition coefficient (Wildman–Crippen LogP) is 4.29. The third-order valence-electron chi connectivity index (χ3n) is 3.76. The number of hydrogen-bond donors (Lipinski definition) is 0. The monoisotopic (exact) mass is 248 g/mol. The van der Waals surface area contributed by atoms with Gasteiger partial charge in [-0.25, -0.2) is 4.98 Å². The Morgan fingerprint density at radius 1 is 1.22 bits per heavy atom. The van der Waals surface area contributed by atoms with E-state index in [2.05, 4.69) is 36.7 Å². The smallest absolute Gasteiger partial charge is 0.131 e. The minimum atomic E-state index is 0.826. The Bertz CT molecular complexity index is 339. The quantitative estimate of drug-likeness (QED) is 0.776. The molecule has 1 fully saturated rings. The Kier molecular flexibility index (Phi) is 6.17. The van der Waals surface area contributed by atoms with Crippen molar-refractivity contribution in [1.82, 2.24) is 4.98 Å². The van der Waals surface area contributed by atoms with E-state index in [0.29, 0.717) is 0 Å². The van der Waals surface area contributed by atoms with Crippen LogP contribution in [0.4, 0.5) is 5.82 Å². The van der Waals surface area contributed by atoms with Crippen molar-refractivity contribution in [3.8, 4) is 0 Å². The van der Waals surface area contributed by atoms with Crippen LogP contribution in [0, 0.1) is 18.8 Å². The molecule has 1 aromatic rings. The Morgan fingerprint density at radius 3 is 2.33 bits per heavy atom.